The molecule has 3 aromatic rings. The molecule has 3 aromatic carbocycles. The fraction of sp³-hybridized carbons (Fsp3) is 0.421. The van der Waals surface area contributed by atoms with E-state index in [0.29, 0.717) is 16.7 Å². The van der Waals surface area contributed by atoms with E-state index in [1.807, 2.05) is 51.0 Å². The number of rotatable bonds is 21. The third-order valence-electron chi connectivity index (χ3n) is 8.92. The Morgan fingerprint density at radius 2 is 1.74 bits per heavy atom. The van der Waals surface area contributed by atoms with Gasteiger partial charge in [-0.25, -0.2) is 13.3 Å². The lowest BCUT2D eigenvalue weighted by Crippen LogP contribution is -2.50. The monoisotopic (exact) mass is 828 g/mol. The van der Waals surface area contributed by atoms with E-state index < -0.39 is 69.3 Å². The molecule has 0 bridgehead atoms. The normalized spacial score (nSPS) is 15.4. The zero-order valence-electron chi connectivity index (χ0n) is 32.0. The number of hydrogen-bond acceptors (Lipinski definition) is 13. The summed E-state index contributed by atoms with van der Waals surface area (Å²) < 4.78 is 33.0. The lowest BCUT2D eigenvalue weighted by molar-refractivity contribution is -0.139. The highest BCUT2D eigenvalue weighted by atomic mass is 32.2. The Morgan fingerprint density at radius 3 is 2.40 bits per heavy atom. The van der Waals surface area contributed by atoms with E-state index in [2.05, 4.69) is 16.0 Å². The summed E-state index contributed by atoms with van der Waals surface area (Å²) in [6, 6.07) is 12.8. The molecule has 0 spiro atoms. The van der Waals surface area contributed by atoms with Crippen molar-refractivity contribution in [3.05, 3.63) is 60.2 Å². The van der Waals surface area contributed by atoms with Crippen LogP contribution in [0.25, 0.3) is 10.8 Å². The van der Waals surface area contributed by atoms with Crippen molar-refractivity contribution in [3.8, 4) is 5.75 Å². The molecule has 7 N–H and O–H groups in total. The van der Waals surface area contributed by atoms with E-state index in [9.17, 15) is 37.2 Å². The maximum atomic E-state index is 13.7. The number of anilines is 2. The van der Waals surface area contributed by atoms with Crippen LogP contribution in [0.5, 0.6) is 5.75 Å². The first-order valence-electron chi connectivity index (χ1n) is 18.1. The van der Waals surface area contributed by atoms with Crippen molar-refractivity contribution in [1.29, 1.82) is 0 Å². The number of carboxylic acid groups (broad SMARTS) is 2. The molecule has 1 unspecified atom stereocenters. The summed E-state index contributed by atoms with van der Waals surface area (Å²) >= 11 is 0.924. The van der Waals surface area contributed by atoms with E-state index in [4.69, 9.17) is 20.7 Å². The summed E-state index contributed by atoms with van der Waals surface area (Å²) in [4.78, 5) is 77.7. The zero-order valence-corrected chi connectivity index (χ0v) is 33.7. The Bertz CT molecular complexity index is 2110. The smallest absolute Gasteiger partial charge is 0.322 e. The van der Waals surface area contributed by atoms with Crippen LogP contribution in [0, 0.1) is 0 Å². The molecule has 17 nitrogen and oxygen atoms in total. The topological polar surface area (TPSA) is 255 Å². The van der Waals surface area contributed by atoms with Crippen molar-refractivity contribution in [2.45, 2.75) is 67.9 Å². The van der Waals surface area contributed by atoms with Crippen LogP contribution in [0.15, 0.2) is 59.5 Å². The van der Waals surface area contributed by atoms with Crippen molar-refractivity contribution in [2.24, 2.45) is 5.73 Å². The van der Waals surface area contributed by atoms with Gasteiger partial charge in [0.15, 0.2) is 9.84 Å². The van der Waals surface area contributed by atoms with Gasteiger partial charge in [-0.3, -0.25) is 28.8 Å². The summed E-state index contributed by atoms with van der Waals surface area (Å²) in [6.45, 7) is 3.15. The Labute approximate surface area is 334 Å². The molecule has 57 heavy (non-hydrogen) atoms. The Kier molecular flexibility index (Phi) is 15.4. The van der Waals surface area contributed by atoms with Gasteiger partial charge in [0, 0.05) is 61.7 Å². The minimum Gasteiger partial charge on any atom is -0.493 e. The van der Waals surface area contributed by atoms with Crippen LogP contribution in [0.1, 0.15) is 38.7 Å². The van der Waals surface area contributed by atoms with Gasteiger partial charge in [-0.1, -0.05) is 38.1 Å². The molecule has 4 amide bonds. The first-order valence-corrected chi connectivity index (χ1v) is 20.8. The third kappa shape index (κ3) is 11.9. The summed E-state index contributed by atoms with van der Waals surface area (Å²) in [5.74, 6) is -5.51. The number of nitrogens with two attached hydrogens (primary N) is 1. The minimum atomic E-state index is -3.77. The molecule has 308 valence electrons. The number of imide groups is 1. The van der Waals surface area contributed by atoms with Gasteiger partial charge in [-0.2, -0.15) is 0 Å². The molecule has 0 aromatic heterocycles. The van der Waals surface area contributed by atoms with E-state index in [1.54, 1.807) is 30.3 Å². The number of sulfone groups is 1. The van der Waals surface area contributed by atoms with E-state index in [1.165, 1.54) is 6.07 Å². The van der Waals surface area contributed by atoms with Crippen LogP contribution in [0.4, 0.5) is 11.4 Å². The minimum absolute atomic E-state index is 0.0221. The lowest BCUT2D eigenvalue weighted by Gasteiger charge is -2.22. The Hall–Kier alpha value is -5.24. The van der Waals surface area contributed by atoms with E-state index in [0.717, 1.165) is 27.7 Å². The fourth-order valence-corrected chi connectivity index (χ4v) is 8.47. The molecule has 1 aliphatic rings. The van der Waals surface area contributed by atoms with Crippen molar-refractivity contribution < 1.29 is 52.1 Å². The second-order valence-electron chi connectivity index (χ2n) is 13.8. The van der Waals surface area contributed by atoms with Crippen LogP contribution in [-0.4, -0.2) is 116 Å². The number of amides is 4. The molecule has 1 heterocycles. The van der Waals surface area contributed by atoms with Gasteiger partial charge < -0.3 is 41.5 Å². The summed E-state index contributed by atoms with van der Waals surface area (Å²) in [6.07, 6.45) is -0.783. The molecule has 4 rings (SSSR count). The second-order valence-corrected chi connectivity index (χ2v) is 17.1. The van der Waals surface area contributed by atoms with Gasteiger partial charge in [0.05, 0.1) is 21.6 Å². The van der Waals surface area contributed by atoms with Crippen LogP contribution < -0.4 is 36.2 Å². The van der Waals surface area contributed by atoms with Crippen LogP contribution in [0.2, 0.25) is 0 Å². The Morgan fingerprint density at radius 1 is 1.04 bits per heavy atom. The maximum absolute atomic E-state index is 13.7. The van der Waals surface area contributed by atoms with Crippen molar-refractivity contribution >= 4 is 79.3 Å². The predicted molar refractivity (Wildman–Crippen MR) is 215 cm³/mol. The van der Waals surface area contributed by atoms with E-state index in [-0.39, 0.29) is 60.5 Å². The molecule has 1 fully saturated rings. The highest BCUT2D eigenvalue weighted by Gasteiger charge is 2.41. The largest absolute Gasteiger partial charge is 0.493 e. The van der Waals surface area contributed by atoms with Crippen molar-refractivity contribution in [2.75, 3.05) is 48.6 Å². The highest BCUT2D eigenvalue weighted by Crippen LogP contribution is 2.35. The molecule has 3 atom stereocenters. The molecule has 0 radical (unpaired) electrons. The summed E-state index contributed by atoms with van der Waals surface area (Å²) in [5, 5.41) is 26.3. The number of carbonyl (C=O) groups excluding carboxylic acids is 4. The summed E-state index contributed by atoms with van der Waals surface area (Å²) in [7, 11) is -0.000377. The quantitative estimate of drug-likeness (QED) is 0.0833. The first kappa shape index (κ1) is 44.5. The number of nitrogens with one attached hydrogen (secondary N) is 3. The number of nitrogens with zero attached hydrogens (tertiary/aromatic N) is 2. The van der Waals surface area contributed by atoms with Gasteiger partial charge >= 0.3 is 11.9 Å². The number of aliphatic carboxylic acids is 2. The number of carboxylic acids is 2. The SMILES string of the molecule is CC(C)NCc1cc(OCCS(=O)(=O)c2cccc3c(N(C)C)cccc23)ccc1N1C(=O)CC(SC[C@H](NC(=O)CC[C@H](N)C(=O)O)C(=O)NCC(=O)O)C1=O. The molecule has 0 aliphatic carbocycles. The Balaban J connectivity index is 1.48. The first-order chi connectivity index (χ1) is 26.9. The van der Waals surface area contributed by atoms with Crippen LogP contribution in [0.3, 0.4) is 0 Å². The number of benzene rings is 3. The average molecular weight is 829 g/mol. The third-order valence-corrected chi connectivity index (χ3v) is 12.0. The lowest BCUT2D eigenvalue weighted by atomic mass is 10.1. The number of ether oxygens (including phenoxy) is 1. The van der Waals surface area contributed by atoms with Crippen LogP contribution >= 0.6 is 11.8 Å². The van der Waals surface area contributed by atoms with Gasteiger partial charge in [0.2, 0.25) is 23.6 Å². The molecule has 0 saturated carbocycles. The fourth-order valence-electron chi connectivity index (χ4n) is 5.98. The van der Waals surface area contributed by atoms with Crippen LogP contribution in [-0.2, 0) is 45.1 Å². The van der Waals surface area contributed by atoms with Gasteiger partial charge in [0.1, 0.15) is 31.0 Å². The van der Waals surface area contributed by atoms with Gasteiger partial charge in [-0.15, -0.1) is 11.8 Å². The predicted octanol–water partition coefficient (Wildman–Crippen LogP) is 1.50. The van der Waals surface area contributed by atoms with E-state index >= 15 is 0 Å². The van der Waals surface area contributed by atoms with Gasteiger partial charge in [-0.05, 0) is 42.3 Å². The molecular formula is C38H48N6O11S2. The van der Waals surface area contributed by atoms with Crippen molar-refractivity contribution in [1.82, 2.24) is 16.0 Å². The number of fused-ring (bicyclic) bond motifs is 1. The standard InChI is InChI=1S/C38H48N6O11S2/c1-22(2)40-19-23-17-24(55-15-16-57(53,54)32-10-6-7-25-26(32)8-5-9-30(25)43(3)4)11-13-29(23)44-34(46)18-31(37(44)50)56-21-28(36(49)41-20-35(47)48)42-33(45)14-12-27(39)38(51)52/h5-11,13,17,22,27-28,31,40H,12,14-16,18-21,39H2,1-4H3,(H,41,49)(H,42,45)(H,47,48)(H,51,52)/t27-,28-,31?/m0/s1. The molecule has 19 heteroatoms. The second kappa shape index (κ2) is 19.8. The molecule has 1 aliphatic heterocycles. The maximum Gasteiger partial charge on any atom is 0.322 e. The number of hydrogen-bond donors (Lipinski definition) is 6. The number of thioether (sulfide) groups is 1. The molecule has 1 saturated heterocycles. The zero-order chi connectivity index (χ0) is 42.0. The summed E-state index contributed by atoms with van der Waals surface area (Å²) in [5.41, 5.74) is 7.16. The molecular weight excluding hydrogens is 781 g/mol. The van der Waals surface area contributed by atoms with Crippen molar-refractivity contribution in [3.63, 3.8) is 0 Å². The van der Waals surface area contributed by atoms with Gasteiger partial charge in [0.25, 0.3) is 0 Å². The average Bonchev–Trinajstić information content (AvgIpc) is 3.44. The highest BCUT2D eigenvalue weighted by molar-refractivity contribution is 8.00. The number of carbonyl (C=O) groups is 6.